The molecule has 0 aliphatic carbocycles. The highest BCUT2D eigenvalue weighted by atomic mass is 19.1. The van der Waals surface area contributed by atoms with Gasteiger partial charge in [0.15, 0.2) is 11.6 Å². The van der Waals surface area contributed by atoms with Gasteiger partial charge in [-0.1, -0.05) is 32.9 Å². The summed E-state index contributed by atoms with van der Waals surface area (Å²) in [5.41, 5.74) is 4.17. The smallest absolute Gasteiger partial charge is 0.228 e. The van der Waals surface area contributed by atoms with Gasteiger partial charge in [-0.25, -0.2) is 9.37 Å². The first-order valence-electron chi connectivity index (χ1n) is 11.9. The van der Waals surface area contributed by atoms with Crippen molar-refractivity contribution in [2.45, 2.75) is 58.0 Å². The second kappa shape index (κ2) is 8.46. The molecule has 2 fully saturated rings. The van der Waals surface area contributed by atoms with Crippen LogP contribution in [-0.4, -0.2) is 40.2 Å². The Morgan fingerprint density at radius 1 is 1.03 bits per heavy atom. The number of hydrogen-bond donors (Lipinski definition) is 2. The standard InChI is InChI=1S/C27H32FN5O/c1-17-5-6-18(27(2,3)4)13-24(17)30-25-23(28)14-29-26(31-25)33-20-7-8-21(33)16-32(15-20)19-9-11-22(34)12-10-19/h5-6,9-14,20-21,34H,7-8,15-16H2,1-4H3,(H,29,30,31)/t20-,21+. The van der Waals surface area contributed by atoms with E-state index in [1.165, 1.54) is 11.8 Å². The Labute approximate surface area is 200 Å². The third-order valence-electron chi connectivity index (χ3n) is 7.02. The predicted molar refractivity (Wildman–Crippen MR) is 135 cm³/mol. The summed E-state index contributed by atoms with van der Waals surface area (Å²) in [5, 5.41) is 12.8. The Hall–Kier alpha value is -3.35. The number of phenolic OH excluding ortho intramolecular Hbond substituents is 1. The highest BCUT2D eigenvalue weighted by molar-refractivity contribution is 5.63. The first kappa shape index (κ1) is 22.4. The van der Waals surface area contributed by atoms with Crippen LogP contribution in [0.1, 0.15) is 44.7 Å². The van der Waals surface area contributed by atoms with E-state index in [2.05, 4.69) is 64.1 Å². The molecule has 7 heteroatoms. The summed E-state index contributed by atoms with van der Waals surface area (Å²) in [4.78, 5) is 13.6. The second-order valence-corrected chi connectivity index (χ2v) is 10.5. The molecule has 3 aromatic rings. The van der Waals surface area contributed by atoms with Gasteiger partial charge in [-0.3, -0.25) is 0 Å². The van der Waals surface area contributed by atoms with Gasteiger partial charge in [-0.05, 0) is 66.6 Å². The van der Waals surface area contributed by atoms with E-state index < -0.39 is 5.82 Å². The summed E-state index contributed by atoms with van der Waals surface area (Å²) in [6, 6.07) is 14.1. The molecule has 2 aromatic carbocycles. The van der Waals surface area contributed by atoms with Gasteiger partial charge < -0.3 is 20.2 Å². The molecule has 2 aliphatic heterocycles. The molecule has 1 aromatic heterocycles. The summed E-state index contributed by atoms with van der Waals surface area (Å²) in [5.74, 6) is 0.596. The lowest BCUT2D eigenvalue weighted by Gasteiger charge is -2.42. The maximum Gasteiger partial charge on any atom is 0.228 e. The number of piperazine rings is 1. The predicted octanol–water partition coefficient (Wildman–Crippen LogP) is 5.53. The van der Waals surface area contributed by atoms with E-state index in [4.69, 9.17) is 0 Å². The van der Waals surface area contributed by atoms with Crippen LogP contribution in [0.15, 0.2) is 48.7 Å². The average molecular weight is 462 g/mol. The molecule has 34 heavy (non-hydrogen) atoms. The van der Waals surface area contributed by atoms with Gasteiger partial charge in [0.25, 0.3) is 0 Å². The van der Waals surface area contributed by atoms with E-state index in [-0.39, 0.29) is 29.1 Å². The SMILES string of the molecule is Cc1ccc(C(C)(C)C)cc1Nc1nc(N2[C@@H]3CC[C@H]2CN(c2ccc(O)cc2)C3)ncc1F. The van der Waals surface area contributed by atoms with Gasteiger partial charge in [0.1, 0.15) is 5.75 Å². The fourth-order valence-electron chi connectivity index (χ4n) is 5.02. The largest absolute Gasteiger partial charge is 0.508 e. The van der Waals surface area contributed by atoms with Crippen molar-refractivity contribution < 1.29 is 9.50 Å². The van der Waals surface area contributed by atoms with Crippen molar-refractivity contribution in [3.05, 3.63) is 65.6 Å². The molecular formula is C27H32FN5O. The topological polar surface area (TPSA) is 64.5 Å². The first-order chi connectivity index (χ1) is 16.2. The Morgan fingerprint density at radius 3 is 2.35 bits per heavy atom. The maximum atomic E-state index is 14.8. The van der Waals surface area contributed by atoms with Crippen LogP contribution < -0.4 is 15.1 Å². The molecule has 2 aliphatic rings. The van der Waals surface area contributed by atoms with Crippen molar-refractivity contribution in [1.29, 1.82) is 0 Å². The zero-order chi connectivity index (χ0) is 24.0. The van der Waals surface area contributed by atoms with Gasteiger partial charge in [0.05, 0.1) is 6.20 Å². The van der Waals surface area contributed by atoms with Crippen molar-refractivity contribution in [2.75, 3.05) is 28.2 Å². The van der Waals surface area contributed by atoms with E-state index >= 15 is 0 Å². The van der Waals surface area contributed by atoms with Crippen molar-refractivity contribution in [1.82, 2.24) is 9.97 Å². The molecule has 0 saturated carbocycles. The number of phenols is 1. The van der Waals surface area contributed by atoms with Crippen LogP contribution >= 0.6 is 0 Å². The van der Waals surface area contributed by atoms with Gasteiger partial charge in [0, 0.05) is 36.5 Å². The van der Waals surface area contributed by atoms with Crippen LogP contribution in [0.25, 0.3) is 0 Å². The molecule has 2 atom stereocenters. The van der Waals surface area contributed by atoms with Gasteiger partial charge >= 0.3 is 0 Å². The van der Waals surface area contributed by atoms with Crippen molar-refractivity contribution in [3.8, 4) is 5.75 Å². The lowest BCUT2D eigenvalue weighted by atomic mass is 9.86. The minimum Gasteiger partial charge on any atom is -0.508 e. The van der Waals surface area contributed by atoms with Crippen LogP contribution in [-0.2, 0) is 5.41 Å². The van der Waals surface area contributed by atoms with E-state index in [9.17, 15) is 9.50 Å². The van der Waals surface area contributed by atoms with Crippen molar-refractivity contribution in [2.24, 2.45) is 0 Å². The van der Waals surface area contributed by atoms with Crippen LogP contribution in [0.2, 0.25) is 0 Å². The average Bonchev–Trinajstić information content (AvgIpc) is 3.05. The third-order valence-corrected chi connectivity index (χ3v) is 7.02. The zero-order valence-corrected chi connectivity index (χ0v) is 20.2. The Kier molecular flexibility index (Phi) is 5.58. The molecule has 5 rings (SSSR count). The minimum atomic E-state index is -0.459. The number of aromatic nitrogens is 2. The van der Waals surface area contributed by atoms with Crippen molar-refractivity contribution in [3.63, 3.8) is 0 Å². The summed E-state index contributed by atoms with van der Waals surface area (Å²) in [6.45, 7) is 10.2. The van der Waals surface area contributed by atoms with E-state index in [0.29, 0.717) is 5.95 Å². The fourth-order valence-corrected chi connectivity index (χ4v) is 5.02. The van der Waals surface area contributed by atoms with Gasteiger partial charge in [-0.2, -0.15) is 4.98 Å². The van der Waals surface area contributed by atoms with E-state index in [0.717, 1.165) is 42.9 Å². The quantitative estimate of drug-likeness (QED) is 0.533. The number of anilines is 4. The maximum absolute atomic E-state index is 14.8. The van der Waals surface area contributed by atoms with E-state index in [1.807, 2.05) is 19.1 Å². The number of fused-ring (bicyclic) bond motifs is 2. The number of rotatable bonds is 4. The van der Waals surface area contributed by atoms with Crippen LogP contribution in [0, 0.1) is 12.7 Å². The molecule has 2 saturated heterocycles. The molecular weight excluding hydrogens is 429 g/mol. The Morgan fingerprint density at radius 2 is 1.71 bits per heavy atom. The number of halogens is 1. The number of nitrogens with one attached hydrogen (secondary N) is 1. The number of aromatic hydroxyl groups is 1. The summed E-state index contributed by atoms with van der Waals surface area (Å²) in [7, 11) is 0. The Bertz CT molecular complexity index is 1180. The van der Waals surface area contributed by atoms with Crippen molar-refractivity contribution >= 4 is 23.1 Å². The third kappa shape index (κ3) is 4.27. The highest BCUT2D eigenvalue weighted by Crippen LogP contribution is 2.36. The minimum absolute atomic E-state index is 0.00409. The monoisotopic (exact) mass is 461 g/mol. The molecule has 178 valence electrons. The molecule has 2 bridgehead atoms. The number of hydrogen-bond acceptors (Lipinski definition) is 6. The summed E-state index contributed by atoms with van der Waals surface area (Å²) >= 11 is 0. The molecule has 3 heterocycles. The first-order valence-corrected chi connectivity index (χ1v) is 11.9. The van der Waals surface area contributed by atoms with Gasteiger partial charge in [-0.15, -0.1) is 0 Å². The molecule has 2 N–H and O–H groups in total. The number of nitrogens with zero attached hydrogens (tertiary/aromatic N) is 4. The lowest BCUT2D eigenvalue weighted by molar-refractivity contribution is 0.475. The number of aryl methyl sites for hydroxylation is 1. The molecule has 0 radical (unpaired) electrons. The Balaban J connectivity index is 1.39. The fraction of sp³-hybridized carbons (Fsp3) is 0.407. The lowest BCUT2D eigenvalue weighted by Crippen LogP contribution is -2.54. The molecule has 0 spiro atoms. The zero-order valence-electron chi connectivity index (χ0n) is 20.2. The molecule has 6 nitrogen and oxygen atoms in total. The van der Waals surface area contributed by atoms with E-state index in [1.54, 1.807) is 12.1 Å². The second-order valence-electron chi connectivity index (χ2n) is 10.5. The summed E-state index contributed by atoms with van der Waals surface area (Å²) < 4.78 is 14.8. The normalized spacial score (nSPS) is 20.0. The van der Waals surface area contributed by atoms with Gasteiger partial charge in [0.2, 0.25) is 5.95 Å². The van der Waals surface area contributed by atoms with Crippen LogP contribution in [0.4, 0.5) is 27.5 Å². The van der Waals surface area contributed by atoms with Crippen LogP contribution in [0.3, 0.4) is 0 Å². The molecule has 0 amide bonds. The summed E-state index contributed by atoms with van der Waals surface area (Å²) in [6.07, 6.45) is 3.38. The highest BCUT2D eigenvalue weighted by Gasteiger charge is 2.41. The molecule has 0 unspecified atom stereocenters. The van der Waals surface area contributed by atoms with Crippen LogP contribution in [0.5, 0.6) is 5.75 Å². The number of benzene rings is 2.